The van der Waals surface area contributed by atoms with E-state index in [1.54, 1.807) is 0 Å². The van der Waals surface area contributed by atoms with Crippen LogP contribution in [0.2, 0.25) is 0 Å². The van der Waals surface area contributed by atoms with Gasteiger partial charge in [-0.3, -0.25) is 4.98 Å². The van der Waals surface area contributed by atoms with Gasteiger partial charge in [0.2, 0.25) is 0 Å². The Labute approximate surface area is 84.0 Å². The van der Waals surface area contributed by atoms with Gasteiger partial charge in [0.1, 0.15) is 11.3 Å². The second-order valence-electron chi connectivity index (χ2n) is 3.89. The van der Waals surface area contributed by atoms with E-state index in [2.05, 4.69) is 18.8 Å². The zero-order valence-corrected chi connectivity index (χ0v) is 9.36. The largest absolute Gasteiger partial charge is 0.461 e. The summed E-state index contributed by atoms with van der Waals surface area (Å²) < 4.78 is 5.75. The van der Waals surface area contributed by atoms with E-state index in [4.69, 9.17) is 4.42 Å². The Bertz CT molecular complexity index is 509. The van der Waals surface area contributed by atoms with Gasteiger partial charge in [0.05, 0.1) is 0 Å². The Morgan fingerprint density at radius 1 is 0.857 bits per heavy atom. The van der Waals surface area contributed by atoms with Gasteiger partial charge in [-0.15, -0.1) is 0 Å². The average molecular weight is 189 g/mol. The molecule has 2 heteroatoms. The summed E-state index contributed by atoms with van der Waals surface area (Å²) in [6.45, 7) is 10.2. The molecule has 0 aliphatic carbocycles. The monoisotopic (exact) mass is 189 g/mol. The minimum atomic E-state index is 0.999. The lowest BCUT2D eigenvalue weighted by Crippen LogP contribution is -1.91. The van der Waals surface area contributed by atoms with Gasteiger partial charge < -0.3 is 4.42 Å². The lowest BCUT2D eigenvalue weighted by Gasteiger charge is -2.02. The summed E-state index contributed by atoms with van der Waals surface area (Å²) in [6, 6.07) is 0. The maximum Gasteiger partial charge on any atom is 0.141 e. The van der Waals surface area contributed by atoms with Crippen molar-refractivity contribution in [1.29, 1.82) is 0 Å². The van der Waals surface area contributed by atoms with Crippen LogP contribution in [0.15, 0.2) is 4.42 Å². The van der Waals surface area contributed by atoms with Crippen LogP contribution in [-0.2, 0) is 0 Å². The van der Waals surface area contributed by atoms with E-state index in [1.807, 2.05) is 20.8 Å². The van der Waals surface area contributed by atoms with Crippen LogP contribution in [0, 0.1) is 34.6 Å². The smallest absolute Gasteiger partial charge is 0.141 e. The Hall–Kier alpha value is -1.31. The molecule has 0 atom stereocenters. The van der Waals surface area contributed by atoms with Crippen molar-refractivity contribution < 1.29 is 4.42 Å². The van der Waals surface area contributed by atoms with Crippen molar-refractivity contribution in [2.75, 3.05) is 0 Å². The first kappa shape index (κ1) is 9.25. The standard InChI is InChI=1S/C12H15NO/c1-6-8(3)13-9(4)11-7(2)10(5)14-12(6)11/h1-5H3. The molecule has 0 bridgehead atoms. The quantitative estimate of drug-likeness (QED) is 0.635. The van der Waals surface area contributed by atoms with Gasteiger partial charge in [0.25, 0.3) is 0 Å². The number of furan rings is 1. The molecular weight excluding hydrogens is 174 g/mol. The Kier molecular flexibility index (Phi) is 1.88. The van der Waals surface area contributed by atoms with Crippen LogP contribution in [0.4, 0.5) is 0 Å². The number of hydrogen-bond donors (Lipinski definition) is 0. The molecule has 14 heavy (non-hydrogen) atoms. The highest BCUT2D eigenvalue weighted by Gasteiger charge is 2.13. The summed E-state index contributed by atoms with van der Waals surface area (Å²) >= 11 is 0. The topological polar surface area (TPSA) is 26.0 Å². The summed E-state index contributed by atoms with van der Waals surface area (Å²) in [6.07, 6.45) is 0. The third-order valence-electron chi connectivity index (χ3n) is 2.97. The van der Waals surface area contributed by atoms with Crippen LogP contribution in [-0.4, -0.2) is 4.98 Å². The molecule has 2 heterocycles. The van der Waals surface area contributed by atoms with Crippen molar-refractivity contribution >= 4 is 11.0 Å². The summed E-state index contributed by atoms with van der Waals surface area (Å²) in [5, 5.41) is 1.19. The zero-order valence-electron chi connectivity index (χ0n) is 9.36. The van der Waals surface area contributed by atoms with Crippen LogP contribution in [0.1, 0.15) is 28.3 Å². The predicted molar refractivity (Wildman–Crippen MR) is 57.7 cm³/mol. The van der Waals surface area contributed by atoms with Gasteiger partial charge in [-0.1, -0.05) is 0 Å². The molecule has 0 unspecified atom stereocenters. The molecule has 2 nitrogen and oxygen atoms in total. The van der Waals surface area contributed by atoms with Gasteiger partial charge in [-0.05, 0) is 40.2 Å². The van der Waals surface area contributed by atoms with E-state index in [9.17, 15) is 0 Å². The fourth-order valence-corrected chi connectivity index (χ4v) is 1.88. The molecule has 0 amide bonds. The first-order valence-corrected chi connectivity index (χ1v) is 4.86. The molecule has 0 radical (unpaired) electrons. The third-order valence-corrected chi connectivity index (χ3v) is 2.97. The number of aryl methyl sites for hydroxylation is 5. The summed E-state index contributed by atoms with van der Waals surface area (Å²) in [5.41, 5.74) is 5.50. The van der Waals surface area contributed by atoms with Crippen molar-refractivity contribution in [2.24, 2.45) is 0 Å². The Morgan fingerprint density at radius 3 is 2.14 bits per heavy atom. The van der Waals surface area contributed by atoms with Gasteiger partial charge in [-0.25, -0.2) is 0 Å². The third kappa shape index (κ3) is 1.07. The lowest BCUT2D eigenvalue weighted by molar-refractivity contribution is 0.572. The summed E-state index contributed by atoms with van der Waals surface area (Å²) in [5.74, 6) is 0.999. The summed E-state index contributed by atoms with van der Waals surface area (Å²) in [7, 11) is 0. The van der Waals surface area contributed by atoms with Gasteiger partial charge in [-0.2, -0.15) is 0 Å². The number of hydrogen-bond acceptors (Lipinski definition) is 2. The van der Waals surface area contributed by atoms with Crippen molar-refractivity contribution in [1.82, 2.24) is 4.98 Å². The molecule has 0 aromatic carbocycles. The van der Waals surface area contributed by atoms with E-state index >= 15 is 0 Å². The molecule has 0 spiro atoms. The van der Waals surface area contributed by atoms with Crippen LogP contribution in [0.25, 0.3) is 11.0 Å². The molecule has 0 N–H and O–H groups in total. The SMILES string of the molecule is Cc1nc(C)c2c(C)c(C)oc2c1C. The number of aromatic nitrogens is 1. The normalized spacial score (nSPS) is 11.2. The number of fused-ring (bicyclic) bond motifs is 1. The maximum atomic E-state index is 5.75. The molecule has 0 fully saturated rings. The first-order chi connectivity index (χ1) is 6.52. The van der Waals surface area contributed by atoms with Crippen LogP contribution >= 0.6 is 0 Å². The molecule has 0 saturated carbocycles. The van der Waals surface area contributed by atoms with Crippen molar-refractivity contribution in [3.8, 4) is 0 Å². The molecule has 2 aromatic heterocycles. The zero-order chi connectivity index (χ0) is 10.5. The molecule has 0 saturated heterocycles. The van der Waals surface area contributed by atoms with Crippen molar-refractivity contribution in [2.45, 2.75) is 34.6 Å². The highest BCUT2D eigenvalue weighted by atomic mass is 16.3. The van der Waals surface area contributed by atoms with Crippen LogP contribution in [0.3, 0.4) is 0 Å². The molecule has 0 aliphatic heterocycles. The molecule has 2 aromatic rings. The Morgan fingerprint density at radius 2 is 1.50 bits per heavy atom. The molecular formula is C12H15NO. The second-order valence-corrected chi connectivity index (χ2v) is 3.89. The molecule has 0 aliphatic rings. The van der Waals surface area contributed by atoms with Gasteiger partial charge >= 0.3 is 0 Å². The molecule has 74 valence electrons. The Balaban J connectivity index is 3.02. The average Bonchev–Trinajstić information content (AvgIpc) is 2.40. The fourth-order valence-electron chi connectivity index (χ4n) is 1.88. The van der Waals surface area contributed by atoms with E-state index < -0.39 is 0 Å². The highest BCUT2D eigenvalue weighted by Crippen LogP contribution is 2.30. The lowest BCUT2D eigenvalue weighted by atomic mass is 10.1. The van der Waals surface area contributed by atoms with E-state index in [-0.39, 0.29) is 0 Å². The predicted octanol–water partition coefficient (Wildman–Crippen LogP) is 3.37. The molecule has 2 rings (SSSR count). The maximum absolute atomic E-state index is 5.75. The van der Waals surface area contributed by atoms with Crippen molar-refractivity contribution in [3.05, 3.63) is 28.3 Å². The minimum absolute atomic E-state index is 0.999. The first-order valence-electron chi connectivity index (χ1n) is 4.86. The van der Waals surface area contributed by atoms with Gasteiger partial charge in [0.15, 0.2) is 0 Å². The fraction of sp³-hybridized carbons (Fsp3) is 0.417. The van der Waals surface area contributed by atoms with Crippen molar-refractivity contribution in [3.63, 3.8) is 0 Å². The van der Waals surface area contributed by atoms with Gasteiger partial charge in [0, 0.05) is 22.3 Å². The number of pyridine rings is 1. The minimum Gasteiger partial charge on any atom is -0.461 e. The van der Waals surface area contributed by atoms with E-state index in [1.165, 1.54) is 10.9 Å². The van der Waals surface area contributed by atoms with E-state index in [0.717, 1.165) is 28.3 Å². The second kappa shape index (κ2) is 2.84. The highest BCUT2D eigenvalue weighted by molar-refractivity contribution is 5.87. The van der Waals surface area contributed by atoms with E-state index in [0.29, 0.717) is 0 Å². The summed E-state index contributed by atoms with van der Waals surface area (Å²) in [4.78, 5) is 4.52. The number of rotatable bonds is 0. The van der Waals surface area contributed by atoms with Crippen LogP contribution < -0.4 is 0 Å². The van der Waals surface area contributed by atoms with Crippen LogP contribution in [0.5, 0.6) is 0 Å². The number of nitrogens with zero attached hydrogens (tertiary/aromatic N) is 1.